The Morgan fingerprint density at radius 3 is 2.64 bits per heavy atom. The molecule has 1 N–H and O–H groups in total. The Kier molecular flexibility index (Phi) is 2.81. The number of nitrogens with zero attached hydrogens (tertiary/aromatic N) is 2. The minimum Gasteiger partial charge on any atom is -0.478 e. The number of aromatic nitrogens is 1. The quantitative estimate of drug-likeness (QED) is 0.754. The predicted octanol–water partition coefficient (Wildman–Crippen LogP) is 0.762. The lowest BCUT2D eigenvalue weighted by molar-refractivity contribution is -0.116. The van der Waals surface area contributed by atoms with Crippen LogP contribution in [0.2, 0.25) is 0 Å². The molecule has 74 valence electrons. The van der Waals surface area contributed by atoms with Gasteiger partial charge in [0, 0.05) is 20.2 Å². The van der Waals surface area contributed by atoms with Crippen molar-refractivity contribution in [3.8, 4) is 0 Å². The molecule has 0 aromatic carbocycles. The van der Waals surface area contributed by atoms with E-state index in [1.165, 1.54) is 37.2 Å². The first kappa shape index (κ1) is 10.2. The minimum atomic E-state index is -1.10. The van der Waals surface area contributed by atoms with Gasteiger partial charge in [0.15, 0.2) is 0 Å². The largest absolute Gasteiger partial charge is 0.478 e. The molecule has 1 heterocycles. The molecule has 0 aliphatic rings. The van der Waals surface area contributed by atoms with Gasteiger partial charge in [-0.1, -0.05) is 0 Å². The molecule has 0 saturated heterocycles. The molecule has 0 unspecified atom stereocenters. The Bertz CT molecular complexity index is 376. The van der Waals surface area contributed by atoms with Crippen LogP contribution in [0.3, 0.4) is 0 Å². The lowest BCUT2D eigenvalue weighted by Crippen LogP contribution is -2.26. The van der Waals surface area contributed by atoms with Crippen LogP contribution in [-0.4, -0.2) is 29.0 Å². The number of carboxylic acid groups (broad SMARTS) is 1. The third-order valence-corrected chi connectivity index (χ3v) is 1.81. The maximum absolute atomic E-state index is 11.0. The van der Waals surface area contributed by atoms with Gasteiger partial charge in [-0.2, -0.15) is 0 Å². The number of amides is 1. The van der Waals surface area contributed by atoms with Gasteiger partial charge in [-0.3, -0.25) is 9.69 Å². The fourth-order valence-electron chi connectivity index (χ4n) is 0.980. The first-order chi connectivity index (χ1) is 6.54. The molecule has 1 aromatic rings. The fourth-order valence-corrected chi connectivity index (χ4v) is 0.980. The maximum atomic E-state index is 11.0. The van der Waals surface area contributed by atoms with E-state index < -0.39 is 5.97 Å². The summed E-state index contributed by atoms with van der Waals surface area (Å²) in [7, 11) is 1.48. The van der Waals surface area contributed by atoms with Crippen LogP contribution in [0.25, 0.3) is 0 Å². The predicted molar refractivity (Wildman–Crippen MR) is 50.3 cm³/mol. The average Bonchev–Trinajstić information content (AvgIpc) is 2.16. The summed E-state index contributed by atoms with van der Waals surface area (Å²) in [6.07, 6.45) is 1.45. The van der Waals surface area contributed by atoms with Gasteiger partial charge in [-0.25, -0.2) is 9.78 Å². The molecule has 0 atom stereocenters. The third kappa shape index (κ3) is 1.87. The maximum Gasteiger partial charge on any atom is 0.339 e. The SMILES string of the molecule is CC(=O)N(C)c1ncccc1C(=O)O. The summed E-state index contributed by atoms with van der Waals surface area (Å²) in [5, 5.41) is 8.82. The number of rotatable bonds is 2. The van der Waals surface area contributed by atoms with E-state index in [-0.39, 0.29) is 17.3 Å². The van der Waals surface area contributed by atoms with Gasteiger partial charge in [0.2, 0.25) is 5.91 Å². The molecule has 0 spiro atoms. The number of pyridine rings is 1. The third-order valence-electron chi connectivity index (χ3n) is 1.81. The Morgan fingerprint density at radius 2 is 2.14 bits per heavy atom. The highest BCUT2D eigenvalue weighted by Crippen LogP contribution is 2.15. The molecule has 14 heavy (non-hydrogen) atoms. The number of aromatic carboxylic acids is 1. The molecular formula is C9H10N2O3. The van der Waals surface area contributed by atoms with Crippen molar-refractivity contribution in [2.24, 2.45) is 0 Å². The molecule has 0 saturated carbocycles. The highest BCUT2D eigenvalue weighted by Gasteiger charge is 2.16. The molecule has 0 bridgehead atoms. The van der Waals surface area contributed by atoms with Gasteiger partial charge in [-0.05, 0) is 12.1 Å². The second-order valence-electron chi connectivity index (χ2n) is 2.76. The van der Waals surface area contributed by atoms with Crippen molar-refractivity contribution < 1.29 is 14.7 Å². The number of hydrogen-bond acceptors (Lipinski definition) is 3. The first-order valence-electron chi connectivity index (χ1n) is 3.96. The van der Waals surface area contributed by atoms with Crippen LogP contribution in [0.5, 0.6) is 0 Å². The summed E-state index contributed by atoms with van der Waals surface area (Å²) in [5.41, 5.74) is 0.0187. The fraction of sp³-hybridized carbons (Fsp3) is 0.222. The lowest BCUT2D eigenvalue weighted by Gasteiger charge is -2.15. The number of carboxylic acids is 1. The van der Waals surface area contributed by atoms with Gasteiger partial charge in [0.05, 0.1) is 0 Å². The van der Waals surface area contributed by atoms with Gasteiger partial charge in [-0.15, -0.1) is 0 Å². The first-order valence-corrected chi connectivity index (χ1v) is 3.96. The summed E-state index contributed by atoms with van der Waals surface area (Å²) >= 11 is 0. The van der Waals surface area contributed by atoms with E-state index in [0.717, 1.165) is 0 Å². The summed E-state index contributed by atoms with van der Waals surface area (Å²) in [5.74, 6) is -1.19. The molecule has 1 aromatic heterocycles. The highest BCUT2D eigenvalue weighted by atomic mass is 16.4. The van der Waals surface area contributed by atoms with Gasteiger partial charge < -0.3 is 5.11 Å². The number of anilines is 1. The van der Waals surface area contributed by atoms with Crippen LogP contribution in [0.1, 0.15) is 17.3 Å². The Hall–Kier alpha value is -1.91. The van der Waals surface area contributed by atoms with Crippen LogP contribution in [0.4, 0.5) is 5.82 Å². The van der Waals surface area contributed by atoms with Gasteiger partial charge in [0.25, 0.3) is 0 Å². The molecule has 1 rings (SSSR count). The normalized spacial score (nSPS) is 9.57. The van der Waals surface area contributed by atoms with Crippen molar-refractivity contribution in [2.75, 3.05) is 11.9 Å². The standard InChI is InChI=1S/C9H10N2O3/c1-6(12)11(2)8-7(9(13)14)4-3-5-10-8/h3-5H,1-2H3,(H,13,14). The van der Waals surface area contributed by atoms with Crippen LogP contribution < -0.4 is 4.90 Å². The summed E-state index contributed by atoms with van der Waals surface area (Å²) in [4.78, 5) is 26.8. The molecule has 1 amide bonds. The average molecular weight is 194 g/mol. The minimum absolute atomic E-state index is 0.0187. The smallest absolute Gasteiger partial charge is 0.339 e. The molecule has 0 fully saturated rings. The zero-order chi connectivity index (χ0) is 10.7. The van der Waals surface area contributed by atoms with E-state index in [4.69, 9.17) is 5.11 Å². The number of carbonyl (C=O) groups excluding carboxylic acids is 1. The van der Waals surface area contributed by atoms with Crippen molar-refractivity contribution in [2.45, 2.75) is 6.92 Å². The van der Waals surface area contributed by atoms with Crippen LogP contribution >= 0.6 is 0 Å². The molecule has 0 aliphatic carbocycles. The zero-order valence-corrected chi connectivity index (χ0v) is 7.89. The monoisotopic (exact) mass is 194 g/mol. The van der Waals surface area contributed by atoms with E-state index in [1.807, 2.05) is 0 Å². The van der Waals surface area contributed by atoms with Crippen molar-refractivity contribution in [1.29, 1.82) is 0 Å². The van der Waals surface area contributed by atoms with Crippen LogP contribution in [-0.2, 0) is 4.79 Å². The van der Waals surface area contributed by atoms with E-state index in [9.17, 15) is 9.59 Å². The molecule has 0 aliphatic heterocycles. The molecule has 5 heteroatoms. The molecular weight excluding hydrogens is 184 g/mol. The second-order valence-corrected chi connectivity index (χ2v) is 2.76. The topological polar surface area (TPSA) is 70.5 Å². The van der Waals surface area contributed by atoms with Crippen molar-refractivity contribution in [3.63, 3.8) is 0 Å². The van der Waals surface area contributed by atoms with Gasteiger partial charge in [0.1, 0.15) is 11.4 Å². The Balaban J connectivity index is 3.19. The van der Waals surface area contributed by atoms with E-state index >= 15 is 0 Å². The van der Waals surface area contributed by atoms with Gasteiger partial charge >= 0.3 is 5.97 Å². The summed E-state index contributed by atoms with van der Waals surface area (Å²) in [6, 6.07) is 2.92. The van der Waals surface area contributed by atoms with Crippen molar-refractivity contribution in [1.82, 2.24) is 4.98 Å². The second kappa shape index (κ2) is 3.87. The Labute approximate surface area is 81.0 Å². The summed E-state index contributed by atoms with van der Waals surface area (Å²) in [6.45, 7) is 1.35. The molecule has 5 nitrogen and oxygen atoms in total. The van der Waals surface area contributed by atoms with Crippen LogP contribution in [0.15, 0.2) is 18.3 Å². The van der Waals surface area contributed by atoms with Crippen LogP contribution in [0, 0.1) is 0 Å². The van der Waals surface area contributed by atoms with Crippen molar-refractivity contribution in [3.05, 3.63) is 23.9 Å². The zero-order valence-electron chi connectivity index (χ0n) is 7.89. The number of carbonyl (C=O) groups is 2. The summed E-state index contributed by atoms with van der Waals surface area (Å²) < 4.78 is 0. The molecule has 0 radical (unpaired) electrons. The van der Waals surface area contributed by atoms with E-state index in [2.05, 4.69) is 4.98 Å². The number of hydrogen-bond donors (Lipinski definition) is 1. The highest BCUT2D eigenvalue weighted by molar-refractivity contribution is 5.99. The van der Waals surface area contributed by atoms with Crippen molar-refractivity contribution >= 4 is 17.7 Å². The lowest BCUT2D eigenvalue weighted by atomic mass is 10.2. The van der Waals surface area contributed by atoms with E-state index in [1.54, 1.807) is 0 Å². The van der Waals surface area contributed by atoms with E-state index in [0.29, 0.717) is 0 Å². The Morgan fingerprint density at radius 1 is 1.50 bits per heavy atom.